The lowest BCUT2D eigenvalue weighted by Crippen LogP contribution is -1.94. The van der Waals surface area contributed by atoms with Crippen molar-refractivity contribution < 1.29 is 9.84 Å². The number of benzene rings is 2. The number of hydrogen-bond acceptors (Lipinski definition) is 2. The first-order valence-corrected chi connectivity index (χ1v) is 6.29. The molecule has 1 N–H and O–H groups in total. The summed E-state index contributed by atoms with van der Waals surface area (Å²) >= 11 is 6.01. The van der Waals surface area contributed by atoms with E-state index >= 15 is 0 Å². The van der Waals surface area contributed by atoms with Gasteiger partial charge in [-0.2, -0.15) is 0 Å². The molecule has 0 saturated heterocycles. The molecule has 0 spiro atoms. The van der Waals surface area contributed by atoms with Crippen LogP contribution in [0.3, 0.4) is 0 Å². The Bertz CT molecular complexity index is 508. The summed E-state index contributed by atoms with van der Waals surface area (Å²) in [4.78, 5) is 0. The van der Waals surface area contributed by atoms with Crippen molar-refractivity contribution in [2.24, 2.45) is 0 Å². The SMILES string of the molecule is CC[C@@H](O)c1ccc(Oc2ccccc2Cl)cc1. The number of aliphatic hydroxyl groups is 1. The summed E-state index contributed by atoms with van der Waals surface area (Å²) < 4.78 is 5.66. The van der Waals surface area contributed by atoms with E-state index in [4.69, 9.17) is 16.3 Å². The van der Waals surface area contributed by atoms with E-state index in [1.807, 2.05) is 49.4 Å². The highest BCUT2D eigenvalue weighted by Gasteiger charge is 2.05. The Morgan fingerprint density at radius 2 is 1.78 bits per heavy atom. The van der Waals surface area contributed by atoms with Gasteiger partial charge in [-0.25, -0.2) is 0 Å². The molecule has 0 aliphatic heterocycles. The van der Waals surface area contributed by atoms with Gasteiger partial charge >= 0.3 is 0 Å². The summed E-state index contributed by atoms with van der Waals surface area (Å²) in [5.41, 5.74) is 0.893. The summed E-state index contributed by atoms with van der Waals surface area (Å²) in [6.07, 6.45) is 0.282. The van der Waals surface area contributed by atoms with Gasteiger partial charge in [0.05, 0.1) is 11.1 Å². The van der Waals surface area contributed by atoms with Gasteiger partial charge in [-0.15, -0.1) is 0 Å². The van der Waals surface area contributed by atoms with Crippen molar-refractivity contribution in [3.8, 4) is 11.5 Å². The van der Waals surface area contributed by atoms with Crippen LogP contribution in [0.4, 0.5) is 0 Å². The van der Waals surface area contributed by atoms with Crippen LogP contribution in [0.25, 0.3) is 0 Å². The Morgan fingerprint density at radius 1 is 1.11 bits per heavy atom. The van der Waals surface area contributed by atoms with E-state index in [1.165, 1.54) is 0 Å². The second-order valence-electron chi connectivity index (χ2n) is 4.03. The number of aliphatic hydroxyl groups excluding tert-OH is 1. The molecule has 2 rings (SSSR count). The molecule has 0 aromatic heterocycles. The lowest BCUT2D eigenvalue weighted by molar-refractivity contribution is 0.173. The van der Waals surface area contributed by atoms with E-state index in [9.17, 15) is 5.11 Å². The van der Waals surface area contributed by atoms with Crippen LogP contribution in [0.15, 0.2) is 48.5 Å². The van der Waals surface area contributed by atoms with Gasteiger partial charge in [0.15, 0.2) is 0 Å². The topological polar surface area (TPSA) is 29.5 Å². The molecule has 0 radical (unpaired) electrons. The average Bonchev–Trinajstić information content (AvgIpc) is 2.41. The van der Waals surface area contributed by atoms with Crippen molar-refractivity contribution in [2.45, 2.75) is 19.4 Å². The zero-order valence-electron chi connectivity index (χ0n) is 10.1. The molecule has 1 atom stereocenters. The molecule has 0 bridgehead atoms. The Hall–Kier alpha value is -1.51. The van der Waals surface area contributed by atoms with Gasteiger partial charge in [0, 0.05) is 0 Å². The van der Waals surface area contributed by atoms with E-state index in [0.29, 0.717) is 22.9 Å². The molecule has 0 amide bonds. The molecule has 0 aliphatic rings. The fourth-order valence-corrected chi connectivity index (χ4v) is 1.82. The summed E-state index contributed by atoms with van der Waals surface area (Å²) in [5.74, 6) is 1.33. The largest absolute Gasteiger partial charge is 0.456 e. The first-order chi connectivity index (χ1) is 8.70. The van der Waals surface area contributed by atoms with Gasteiger partial charge in [-0.3, -0.25) is 0 Å². The predicted molar refractivity (Wildman–Crippen MR) is 73.2 cm³/mol. The van der Waals surface area contributed by atoms with Gasteiger partial charge in [0.25, 0.3) is 0 Å². The maximum atomic E-state index is 9.69. The van der Waals surface area contributed by atoms with Gasteiger partial charge in [-0.05, 0) is 36.2 Å². The summed E-state index contributed by atoms with van der Waals surface area (Å²) in [6, 6.07) is 14.7. The predicted octanol–water partition coefficient (Wildman–Crippen LogP) is 4.58. The van der Waals surface area contributed by atoms with E-state index in [-0.39, 0.29) is 0 Å². The molecule has 3 heteroatoms. The van der Waals surface area contributed by atoms with Crippen LogP contribution in [-0.2, 0) is 0 Å². The molecular formula is C15H15ClO2. The fraction of sp³-hybridized carbons (Fsp3) is 0.200. The van der Waals surface area contributed by atoms with Gasteiger partial charge in [0.1, 0.15) is 11.5 Å². The van der Waals surface area contributed by atoms with Crippen LogP contribution in [-0.4, -0.2) is 5.11 Å². The zero-order valence-corrected chi connectivity index (χ0v) is 10.9. The smallest absolute Gasteiger partial charge is 0.146 e. The molecule has 0 unspecified atom stereocenters. The maximum Gasteiger partial charge on any atom is 0.146 e. The normalized spacial score (nSPS) is 12.2. The van der Waals surface area contributed by atoms with Crippen molar-refractivity contribution in [1.29, 1.82) is 0 Å². The van der Waals surface area contributed by atoms with Crippen molar-refractivity contribution in [1.82, 2.24) is 0 Å². The van der Waals surface area contributed by atoms with E-state index in [1.54, 1.807) is 6.07 Å². The van der Waals surface area contributed by atoms with Crippen LogP contribution in [0.2, 0.25) is 5.02 Å². The molecule has 0 fully saturated rings. The van der Waals surface area contributed by atoms with Crippen LogP contribution < -0.4 is 4.74 Å². The first kappa shape index (κ1) is 12.9. The molecule has 0 saturated carbocycles. The van der Waals surface area contributed by atoms with Crippen LogP contribution in [0.1, 0.15) is 25.0 Å². The van der Waals surface area contributed by atoms with Gasteiger partial charge in [0.2, 0.25) is 0 Å². The third-order valence-electron chi connectivity index (χ3n) is 2.72. The van der Waals surface area contributed by atoms with Gasteiger partial charge in [-0.1, -0.05) is 42.8 Å². The Balaban J connectivity index is 2.14. The van der Waals surface area contributed by atoms with Gasteiger partial charge < -0.3 is 9.84 Å². The van der Waals surface area contributed by atoms with Crippen molar-refractivity contribution in [3.05, 3.63) is 59.1 Å². The van der Waals surface area contributed by atoms with Crippen molar-refractivity contribution in [3.63, 3.8) is 0 Å². The highest BCUT2D eigenvalue weighted by Crippen LogP contribution is 2.29. The van der Waals surface area contributed by atoms with E-state index in [2.05, 4.69) is 0 Å². The monoisotopic (exact) mass is 262 g/mol. The fourth-order valence-electron chi connectivity index (χ4n) is 1.65. The molecule has 2 aromatic carbocycles. The highest BCUT2D eigenvalue weighted by molar-refractivity contribution is 6.32. The Morgan fingerprint density at radius 3 is 2.39 bits per heavy atom. The van der Waals surface area contributed by atoms with Crippen molar-refractivity contribution >= 4 is 11.6 Å². The summed E-state index contributed by atoms with van der Waals surface area (Å²) in [6.45, 7) is 1.94. The first-order valence-electron chi connectivity index (χ1n) is 5.91. The highest BCUT2D eigenvalue weighted by atomic mass is 35.5. The summed E-state index contributed by atoms with van der Waals surface area (Å²) in [5, 5.41) is 10.3. The summed E-state index contributed by atoms with van der Waals surface area (Å²) in [7, 11) is 0. The molecule has 2 nitrogen and oxygen atoms in total. The molecule has 94 valence electrons. The third kappa shape index (κ3) is 3.03. The lowest BCUT2D eigenvalue weighted by Gasteiger charge is -2.10. The van der Waals surface area contributed by atoms with Crippen LogP contribution in [0, 0.1) is 0 Å². The average molecular weight is 263 g/mol. The molecule has 0 heterocycles. The number of para-hydroxylation sites is 1. The number of halogens is 1. The quantitative estimate of drug-likeness (QED) is 0.874. The standard InChI is InChI=1S/C15H15ClO2/c1-2-14(17)11-7-9-12(10-8-11)18-15-6-4-3-5-13(15)16/h3-10,14,17H,2H2,1H3/t14-/m1/s1. The second kappa shape index (κ2) is 5.89. The minimum absolute atomic E-state index is 0.417. The van der Waals surface area contributed by atoms with Crippen molar-refractivity contribution in [2.75, 3.05) is 0 Å². The second-order valence-corrected chi connectivity index (χ2v) is 4.43. The Kier molecular flexibility index (Phi) is 4.24. The van der Waals surface area contributed by atoms with E-state index < -0.39 is 6.10 Å². The molecular weight excluding hydrogens is 248 g/mol. The van der Waals surface area contributed by atoms with E-state index in [0.717, 1.165) is 5.56 Å². The molecule has 18 heavy (non-hydrogen) atoms. The number of hydrogen-bond donors (Lipinski definition) is 1. The Labute approximate surface area is 112 Å². The molecule has 0 aliphatic carbocycles. The van der Waals surface area contributed by atoms with Crippen LogP contribution >= 0.6 is 11.6 Å². The maximum absolute atomic E-state index is 9.69. The molecule has 2 aromatic rings. The number of rotatable bonds is 4. The zero-order chi connectivity index (χ0) is 13.0. The minimum atomic E-state index is -0.417. The van der Waals surface area contributed by atoms with Crippen LogP contribution in [0.5, 0.6) is 11.5 Å². The third-order valence-corrected chi connectivity index (χ3v) is 3.03. The lowest BCUT2D eigenvalue weighted by atomic mass is 10.1. The number of ether oxygens (including phenoxy) is 1. The minimum Gasteiger partial charge on any atom is -0.456 e.